The molecule has 0 amide bonds. The second-order valence-corrected chi connectivity index (χ2v) is 6.36. The normalized spacial score (nSPS) is 11.4. The number of nitrogens with zero attached hydrogens (tertiary/aromatic N) is 1. The number of benzene rings is 1. The lowest BCUT2D eigenvalue weighted by Gasteiger charge is -2.11. The van der Waals surface area contributed by atoms with Crippen LogP contribution in [0.15, 0.2) is 23.1 Å². The van der Waals surface area contributed by atoms with E-state index in [9.17, 15) is 13.2 Å². The number of rotatable bonds is 4. The molecule has 1 heterocycles. The quantitative estimate of drug-likeness (QED) is 0.795. The van der Waals surface area contributed by atoms with Crippen LogP contribution in [0.25, 0.3) is 0 Å². The molecule has 112 valence electrons. The number of halogens is 1. The van der Waals surface area contributed by atoms with Crippen molar-refractivity contribution in [1.29, 1.82) is 0 Å². The Bertz CT molecular complexity index is 794. The fourth-order valence-electron chi connectivity index (χ4n) is 1.96. The van der Waals surface area contributed by atoms with Gasteiger partial charge in [-0.3, -0.25) is 9.82 Å². The van der Waals surface area contributed by atoms with E-state index in [1.54, 1.807) is 6.92 Å². The minimum atomic E-state index is -3.97. The molecule has 0 saturated carbocycles. The average Bonchev–Trinajstić information content (AvgIpc) is 2.68. The number of H-pyrrole nitrogens is 1. The number of carbonyl (C=O) groups is 1. The average molecular weight is 330 g/mol. The van der Waals surface area contributed by atoms with Gasteiger partial charge in [-0.15, -0.1) is 0 Å². The third kappa shape index (κ3) is 2.86. The summed E-state index contributed by atoms with van der Waals surface area (Å²) in [5.74, 6) is -1.32. The van der Waals surface area contributed by atoms with Gasteiger partial charge in [0.05, 0.1) is 22.1 Å². The standard InChI is InChI=1S/C12H12ClN3O4S/c1-6-11(7(2)15-14-6)21(19,20)16-9-5-3-4-8(13)10(9)12(17)18/h3-5,16H,1-2H3,(H,14,15)(H,17,18). The summed E-state index contributed by atoms with van der Waals surface area (Å²) >= 11 is 5.81. The second kappa shape index (κ2) is 5.38. The number of aromatic nitrogens is 2. The Morgan fingerprint density at radius 2 is 2.05 bits per heavy atom. The molecule has 1 aromatic heterocycles. The van der Waals surface area contributed by atoms with Gasteiger partial charge < -0.3 is 5.11 Å². The van der Waals surface area contributed by atoms with E-state index in [0.717, 1.165) is 0 Å². The van der Waals surface area contributed by atoms with Crippen LogP contribution in [0.2, 0.25) is 5.02 Å². The molecule has 3 N–H and O–H groups in total. The molecule has 0 unspecified atom stereocenters. The van der Waals surface area contributed by atoms with Gasteiger partial charge in [0.2, 0.25) is 0 Å². The van der Waals surface area contributed by atoms with Gasteiger partial charge >= 0.3 is 5.97 Å². The summed E-state index contributed by atoms with van der Waals surface area (Å²) in [5, 5.41) is 15.5. The van der Waals surface area contributed by atoms with Crippen molar-refractivity contribution in [2.75, 3.05) is 4.72 Å². The lowest BCUT2D eigenvalue weighted by molar-refractivity contribution is 0.0698. The highest BCUT2D eigenvalue weighted by atomic mass is 35.5. The summed E-state index contributed by atoms with van der Waals surface area (Å²) in [4.78, 5) is 11.2. The van der Waals surface area contributed by atoms with Gasteiger partial charge in [-0.2, -0.15) is 5.10 Å². The van der Waals surface area contributed by atoms with E-state index in [1.165, 1.54) is 25.1 Å². The van der Waals surface area contributed by atoms with E-state index in [0.29, 0.717) is 11.4 Å². The largest absolute Gasteiger partial charge is 0.478 e. The SMILES string of the molecule is Cc1n[nH]c(C)c1S(=O)(=O)Nc1cccc(Cl)c1C(=O)O. The molecule has 2 rings (SSSR count). The maximum Gasteiger partial charge on any atom is 0.339 e. The Morgan fingerprint density at radius 1 is 1.38 bits per heavy atom. The van der Waals surface area contributed by atoms with Crippen molar-refractivity contribution in [2.24, 2.45) is 0 Å². The number of carboxylic acid groups (broad SMARTS) is 1. The molecule has 21 heavy (non-hydrogen) atoms. The van der Waals surface area contributed by atoms with Crippen LogP contribution in [0.3, 0.4) is 0 Å². The predicted octanol–water partition coefficient (Wildman–Crippen LogP) is 2.18. The molecule has 9 heteroatoms. The second-order valence-electron chi connectivity index (χ2n) is 4.34. The molecular formula is C12H12ClN3O4S. The highest BCUT2D eigenvalue weighted by Gasteiger charge is 2.25. The van der Waals surface area contributed by atoms with Crippen LogP contribution < -0.4 is 4.72 Å². The van der Waals surface area contributed by atoms with Crippen molar-refractivity contribution in [3.8, 4) is 0 Å². The van der Waals surface area contributed by atoms with Crippen LogP contribution >= 0.6 is 11.6 Å². The maximum atomic E-state index is 12.4. The lowest BCUT2D eigenvalue weighted by atomic mass is 10.2. The summed E-state index contributed by atoms with van der Waals surface area (Å²) < 4.78 is 27.0. The molecule has 0 aliphatic rings. The first-order valence-corrected chi connectivity index (χ1v) is 7.66. The molecule has 2 aromatic rings. The van der Waals surface area contributed by atoms with Gasteiger partial charge in [0.15, 0.2) is 0 Å². The Labute approximate surface area is 126 Å². The molecule has 0 fully saturated rings. The highest BCUT2D eigenvalue weighted by molar-refractivity contribution is 7.92. The van der Waals surface area contributed by atoms with Gasteiger partial charge in [0.1, 0.15) is 10.5 Å². The number of aryl methyl sites for hydroxylation is 2. The summed E-state index contributed by atoms with van der Waals surface area (Å²) in [6.07, 6.45) is 0. The van der Waals surface area contributed by atoms with E-state index < -0.39 is 16.0 Å². The van der Waals surface area contributed by atoms with Crippen LogP contribution in [-0.4, -0.2) is 29.7 Å². The number of nitrogens with one attached hydrogen (secondary N) is 2. The molecule has 0 radical (unpaired) electrons. The number of hydrogen-bond donors (Lipinski definition) is 3. The zero-order valence-corrected chi connectivity index (χ0v) is 12.7. The van der Waals surface area contributed by atoms with Gasteiger partial charge in [0, 0.05) is 0 Å². The molecule has 0 atom stereocenters. The number of aromatic amines is 1. The molecule has 0 bridgehead atoms. The van der Waals surface area contributed by atoms with Crippen molar-refractivity contribution in [1.82, 2.24) is 10.2 Å². The van der Waals surface area contributed by atoms with E-state index in [1.807, 2.05) is 0 Å². The smallest absolute Gasteiger partial charge is 0.339 e. The van der Waals surface area contributed by atoms with Crippen LogP contribution in [-0.2, 0) is 10.0 Å². The van der Waals surface area contributed by atoms with Crippen molar-refractivity contribution in [2.45, 2.75) is 18.7 Å². The number of hydrogen-bond acceptors (Lipinski definition) is 4. The van der Waals surface area contributed by atoms with E-state index in [4.69, 9.17) is 16.7 Å². The van der Waals surface area contributed by atoms with Crippen molar-refractivity contribution < 1.29 is 18.3 Å². The molecule has 0 saturated heterocycles. The third-order valence-corrected chi connectivity index (χ3v) is 4.74. The zero-order valence-electron chi connectivity index (χ0n) is 11.1. The molecule has 7 nitrogen and oxygen atoms in total. The minimum Gasteiger partial charge on any atom is -0.478 e. The number of sulfonamides is 1. The summed E-state index contributed by atoms with van der Waals surface area (Å²) in [7, 11) is -3.97. The zero-order chi connectivity index (χ0) is 15.8. The fraction of sp³-hybridized carbons (Fsp3) is 0.167. The Morgan fingerprint density at radius 3 is 2.57 bits per heavy atom. The Kier molecular flexibility index (Phi) is 3.93. The van der Waals surface area contributed by atoms with E-state index in [-0.39, 0.29) is 21.2 Å². The molecule has 0 aliphatic heterocycles. The van der Waals surface area contributed by atoms with Gasteiger partial charge in [-0.25, -0.2) is 13.2 Å². The molecule has 0 spiro atoms. The summed E-state index contributed by atoms with van der Waals surface area (Å²) in [6, 6.07) is 4.16. The minimum absolute atomic E-state index is 0.0150. The lowest BCUT2D eigenvalue weighted by Crippen LogP contribution is -2.17. The predicted molar refractivity (Wildman–Crippen MR) is 77.3 cm³/mol. The maximum absolute atomic E-state index is 12.4. The monoisotopic (exact) mass is 329 g/mol. The molecular weight excluding hydrogens is 318 g/mol. The Hall–Kier alpha value is -2.06. The number of carboxylic acids is 1. The van der Waals surface area contributed by atoms with Gasteiger partial charge in [0.25, 0.3) is 10.0 Å². The van der Waals surface area contributed by atoms with Crippen LogP contribution in [0.4, 0.5) is 5.69 Å². The summed E-state index contributed by atoms with van der Waals surface area (Å²) in [5.41, 5.74) is 0.245. The van der Waals surface area contributed by atoms with E-state index >= 15 is 0 Å². The first-order valence-electron chi connectivity index (χ1n) is 5.80. The van der Waals surface area contributed by atoms with Gasteiger partial charge in [-0.1, -0.05) is 17.7 Å². The number of aromatic carboxylic acids is 1. The summed E-state index contributed by atoms with van der Waals surface area (Å²) in [6.45, 7) is 3.10. The molecule has 0 aliphatic carbocycles. The first-order chi connectivity index (χ1) is 9.74. The van der Waals surface area contributed by atoms with Crippen molar-refractivity contribution in [3.05, 3.63) is 40.2 Å². The van der Waals surface area contributed by atoms with Crippen molar-refractivity contribution >= 4 is 33.3 Å². The van der Waals surface area contributed by atoms with Gasteiger partial charge in [-0.05, 0) is 26.0 Å². The topological polar surface area (TPSA) is 112 Å². The van der Waals surface area contributed by atoms with Crippen LogP contribution in [0.5, 0.6) is 0 Å². The van der Waals surface area contributed by atoms with Crippen molar-refractivity contribution in [3.63, 3.8) is 0 Å². The Balaban J connectivity index is 2.53. The molecule has 1 aromatic carbocycles. The first kappa shape index (κ1) is 15.3. The van der Waals surface area contributed by atoms with Crippen LogP contribution in [0, 0.1) is 13.8 Å². The van der Waals surface area contributed by atoms with E-state index in [2.05, 4.69) is 14.9 Å². The number of anilines is 1. The van der Waals surface area contributed by atoms with Crippen LogP contribution in [0.1, 0.15) is 21.7 Å². The third-order valence-electron chi connectivity index (χ3n) is 2.80. The fourth-order valence-corrected chi connectivity index (χ4v) is 3.66. The highest BCUT2D eigenvalue weighted by Crippen LogP contribution is 2.27.